The van der Waals surface area contributed by atoms with Crippen molar-refractivity contribution >= 4 is 17.2 Å². The van der Waals surface area contributed by atoms with Gasteiger partial charge in [-0.1, -0.05) is 0 Å². The first-order chi connectivity index (χ1) is 14.5. The van der Waals surface area contributed by atoms with Crippen molar-refractivity contribution < 1.29 is 79.9 Å². The van der Waals surface area contributed by atoms with E-state index < -0.39 is 12.0 Å². The van der Waals surface area contributed by atoms with Crippen LogP contribution in [0.25, 0.3) is 5.65 Å². The number of aliphatic hydroxyl groups is 1. The molecule has 1 aliphatic heterocycles. The van der Waals surface area contributed by atoms with Gasteiger partial charge in [0.1, 0.15) is 11.6 Å². The number of alkyl halides is 3. The number of piperazine rings is 1. The van der Waals surface area contributed by atoms with Crippen LogP contribution in [0.1, 0.15) is 12.2 Å². The maximum Gasteiger partial charge on any atom is 1.00 e. The van der Waals surface area contributed by atoms with Crippen LogP contribution in [0.5, 0.6) is 5.75 Å². The molecule has 0 bridgehead atoms. The third kappa shape index (κ3) is 6.10. The normalized spacial score (nSPS) is 14.1. The Kier molecular flexibility index (Phi) is 9.69. The van der Waals surface area contributed by atoms with Gasteiger partial charge >= 0.3 is 57.6 Å². The second-order valence-corrected chi connectivity index (χ2v) is 6.88. The number of ether oxygens (including phenoxy) is 1. The first-order valence-electron chi connectivity index (χ1n) is 9.59. The molecule has 1 aliphatic rings. The quantitative estimate of drug-likeness (QED) is 0.357. The number of hydrogen-bond acceptors (Lipinski definition) is 8. The molecular formula is C19H22F3KN6O3. The smallest absolute Gasteiger partial charge is 0.870 e. The van der Waals surface area contributed by atoms with Gasteiger partial charge in [-0.25, -0.2) is 0 Å². The van der Waals surface area contributed by atoms with Crippen molar-refractivity contribution in [3.8, 4) is 5.75 Å². The van der Waals surface area contributed by atoms with Crippen molar-refractivity contribution in [2.24, 2.45) is 0 Å². The van der Waals surface area contributed by atoms with E-state index in [-0.39, 0.29) is 69.1 Å². The van der Waals surface area contributed by atoms with Gasteiger partial charge in [-0.2, -0.15) is 17.7 Å². The number of fused-ring (bicyclic) bond motifs is 1. The SMILES string of the molecule is OCCCOc1ccc(N2CCN(c3ccc4nnc(C(F)(F)F)n4n3)CC2)cc1.[K+].[OH-]. The molecule has 13 heteroatoms. The van der Waals surface area contributed by atoms with Gasteiger partial charge in [0.25, 0.3) is 5.82 Å². The Morgan fingerprint density at radius 2 is 1.59 bits per heavy atom. The number of aromatic nitrogens is 4. The predicted molar refractivity (Wildman–Crippen MR) is 106 cm³/mol. The molecule has 168 valence electrons. The van der Waals surface area contributed by atoms with E-state index in [0.717, 1.165) is 16.0 Å². The van der Waals surface area contributed by atoms with Crippen LogP contribution >= 0.6 is 0 Å². The molecule has 32 heavy (non-hydrogen) atoms. The third-order valence-electron chi connectivity index (χ3n) is 4.88. The molecule has 0 aliphatic carbocycles. The third-order valence-corrected chi connectivity index (χ3v) is 4.88. The topological polar surface area (TPSA) is 109 Å². The van der Waals surface area contributed by atoms with Crippen LogP contribution in [-0.4, -0.2) is 69.8 Å². The first kappa shape index (κ1) is 26.8. The Labute approximate surface area is 224 Å². The number of anilines is 2. The summed E-state index contributed by atoms with van der Waals surface area (Å²) in [4.78, 5) is 4.15. The molecule has 0 spiro atoms. The Balaban J connectivity index is 0.00000181. The molecule has 9 nitrogen and oxygen atoms in total. The molecular weight excluding hydrogens is 456 g/mol. The number of halogens is 3. The van der Waals surface area contributed by atoms with Crippen molar-refractivity contribution in [3.05, 3.63) is 42.2 Å². The summed E-state index contributed by atoms with van der Waals surface area (Å²) in [5.41, 5.74) is 1.11. The molecule has 2 aromatic heterocycles. The molecule has 1 aromatic carbocycles. The van der Waals surface area contributed by atoms with Crippen molar-refractivity contribution in [2.45, 2.75) is 12.6 Å². The van der Waals surface area contributed by atoms with E-state index in [4.69, 9.17) is 9.84 Å². The molecule has 0 saturated carbocycles. The van der Waals surface area contributed by atoms with Crippen molar-refractivity contribution in [2.75, 3.05) is 49.2 Å². The van der Waals surface area contributed by atoms with Gasteiger partial charge in [-0.3, -0.25) is 0 Å². The van der Waals surface area contributed by atoms with Crippen molar-refractivity contribution in [1.29, 1.82) is 0 Å². The minimum absolute atomic E-state index is 0. The van der Waals surface area contributed by atoms with Crippen molar-refractivity contribution in [1.82, 2.24) is 19.8 Å². The second-order valence-electron chi connectivity index (χ2n) is 6.88. The van der Waals surface area contributed by atoms with Crippen LogP contribution in [0.15, 0.2) is 36.4 Å². The first-order valence-corrected chi connectivity index (χ1v) is 9.59. The summed E-state index contributed by atoms with van der Waals surface area (Å²) in [6, 6.07) is 10.9. The van der Waals surface area contributed by atoms with E-state index in [1.165, 1.54) is 6.07 Å². The van der Waals surface area contributed by atoms with E-state index in [1.54, 1.807) is 6.07 Å². The van der Waals surface area contributed by atoms with Gasteiger partial charge in [0.15, 0.2) is 5.65 Å². The molecule has 0 unspecified atom stereocenters. The molecule has 0 atom stereocenters. The maximum atomic E-state index is 13.1. The van der Waals surface area contributed by atoms with Crippen LogP contribution in [0.4, 0.5) is 24.7 Å². The molecule has 1 saturated heterocycles. The number of benzene rings is 1. The number of rotatable bonds is 6. The Bertz CT molecular complexity index is 994. The Hall–Kier alpha value is -1.48. The Morgan fingerprint density at radius 1 is 0.938 bits per heavy atom. The standard InChI is InChI=1S/C19H21F3N6O2.K.H2O/c20-19(21,22)18-24-23-16-6-7-17(25-28(16)18)27-10-8-26(9-11-27)14-2-4-15(5-3-14)30-13-1-12-29;;/h2-7,29H,1,8-13H2;;1H2/q;+1;/p-1. The summed E-state index contributed by atoms with van der Waals surface area (Å²) in [7, 11) is 0. The second kappa shape index (κ2) is 11.6. The zero-order valence-electron chi connectivity index (χ0n) is 17.5. The van der Waals surface area contributed by atoms with Crippen LogP contribution < -0.4 is 65.9 Å². The van der Waals surface area contributed by atoms with E-state index >= 15 is 0 Å². The minimum Gasteiger partial charge on any atom is -0.870 e. The molecule has 3 aromatic rings. The number of hydrogen-bond donors (Lipinski definition) is 1. The summed E-state index contributed by atoms with van der Waals surface area (Å²) in [5, 5.41) is 19.7. The summed E-state index contributed by atoms with van der Waals surface area (Å²) < 4.78 is 45.5. The molecule has 0 radical (unpaired) electrons. The van der Waals surface area contributed by atoms with Gasteiger partial charge in [-0.15, -0.1) is 15.3 Å². The van der Waals surface area contributed by atoms with E-state index in [0.29, 0.717) is 45.0 Å². The average Bonchev–Trinajstić information content (AvgIpc) is 3.18. The van der Waals surface area contributed by atoms with Gasteiger partial charge in [0, 0.05) is 44.9 Å². The molecule has 3 heterocycles. The zero-order chi connectivity index (χ0) is 21.1. The molecule has 4 rings (SSSR count). The van der Waals surface area contributed by atoms with Gasteiger partial charge in [0.2, 0.25) is 0 Å². The van der Waals surface area contributed by atoms with Crippen molar-refractivity contribution in [3.63, 3.8) is 0 Å². The molecule has 0 amide bonds. The number of aliphatic hydroxyl groups excluding tert-OH is 1. The Morgan fingerprint density at radius 3 is 2.22 bits per heavy atom. The summed E-state index contributed by atoms with van der Waals surface area (Å²) in [5.74, 6) is 0.0807. The minimum atomic E-state index is -4.61. The van der Waals surface area contributed by atoms with E-state index in [9.17, 15) is 13.2 Å². The van der Waals surface area contributed by atoms with Gasteiger partial charge in [0.05, 0.1) is 6.61 Å². The van der Waals surface area contributed by atoms with Crippen LogP contribution in [0, 0.1) is 0 Å². The predicted octanol–water partition coefficient (Wildman–Crippen LogP) is -0.942. The van der Waals surface area contributed by atoms with Crippen LogP contribution in [0.2, 0.25) is 0 Å². The summed E-state index contributed by atoms with van der Waals surface area (Å²) in [6.07, 6.45) is -4.03. The largest absolute Gasteiger partial charge is 1.00 e. The summed E-state index contributed by atoms with van der Waals surface area (Å²) >= 11 is 0. The van der Waals surface area contributed by atoms with E-state index in [1.807, 2.05) is 29.2 Å². The zero-order valence-corrected chi connectivity index (χ0v) is 20.7. The fourth-order valence-electron chi connectivity index (χ4n) is 3.33. The average molecular weight is 479 g/mol. The van der Waals surface area contributed by atoms with Crippen LogP contribution in [-0.2, 0) is 6.18 Å². The fourth-order valence-corrected chi connectivity index (χ4v) is 3.33. The van der Waals surface area contributed by atoms with E-state index in [2.05, 4.69) is 20.2 Å². The van der Waals surface area contributed by atoms with Crippen LogP contribution in [0.3, 0.4) is 0 Å². The number of nitrogens with zero attached hydrogens (tertiary/aromatic N) is 6. The monoisotopic (exact) mass is 478 g/mol. The van der Waals surface area contributed by atoms with Gasteiger partial charge in [-0.05, 0) is 36.4 Å². The van der Waals surface area contributed by atoms with Gasteiger partial charge < -0.3 is 25.1 Å². The molecule has 2 N–H and O–H groups in total. The fraction of sp³-hybridized carbons (Fsp3) is 0.421. The maximum absolute atomic E-state index is 13.1. The molecule has 1 fully saturated rings. The summed E-state index contributed by atoms with van der Waals surface area (Å²) in [6.45, 7) is 3.22.